The fourth-order valence-electron chi connectivity index (χ4n) is 4.05. The van der Waals surface area contributed by atoms with Crippen LogP contribution in [0.25, 0.3) is 33.2 Å². The summed E-state index contributed by atoms with van der Waals surface area (Å²) < 4.78 is 0. The SMILES string of the molecule is CC(=O)Nc1ccc(-c2cc3cccc(-c4ccccc4)c3c(NCc3ccccn3)n2)cc1. The lowest BCUT2D eigenvalue weighted by atomic mass is 9.97. The van der Waals surface area contributed by atoms with Gasteiger partial charge in [0.15, 0.2) is 0 Å². The van der Waals surface area contributed by atoms with Crippen molar-refractivity contribution < 1.29 is 4.79 Å². The molecule has 2 heterocycles. The van der Waals surface area contributed by atoms with Crippen LogP contribution in [0.4, 0.5) is 11.5 Å². The molecule has 1 amide bonds. The van der Waals surface area contributed by atoms with Gasteiger partial charge >= 0.3 is 0 Å². The molecule has 0 aliphatic carbocycles. The zero-order valence-corrected chi connectivity index (χ0v) is 18.8. The largest absolute Gasteiger partial charge is 0.364 e. The number of pyridine rings is 2. The number of benzene rings is 3. The molecule has 0 radical (unpaired) electrons. The van der Waals surface area contributed by atoms with Gasteiger partial charge in [0.05, 0.1) is 17.9 Å². The van der Waals surface area contributed by atoms with Crippen LogP contribution in [0.15, 0.2) is 103 Å². The van der Waals surface area contributed by atoms with E-state index in [0.29, 0.717) is 6.54 Å². The Morgan fingerprint density at radius 3 is 2.35 bits per heavy atom. The third kappa shape index (κ3) is 4.64. The Bertz CT molecular complexity index is 1430. The molecule has 0 spiro atoms. The molecule has 5 rings (SSSR count). The number of carbonyl (C=O) groups is 1. The van der Waals surface area contributed by atoms with Crippen molar-refractivity contribution >= 4 is 28.2 Å². The lowest BCUT2D eigenvalue weighted by molar-refractivity contribution is -0.114. The zero-order valence-electron chi connectivity index (χ0n) is 18.8. The molecule has 0 bridgehead atoms. The Hall–Kier alpha value is -4.51. The minimum Gasteiger partial charge on any atom is -0.364 e. The molecule has 0 fully saturated rings. The summed E-state index contributed by atoms with van der Waals surface area (Å²) in [6, 6.07) is 32.4. The van der Waals surface area contributed by atoms with Crippen LogP contribution in [-0.4, -0.2) is 15.9 Å². The van der Waals surface area contributed by atoms with Crippen molar-refractivity contribution in [1.82, 2.24) is 9.97 Å². The fraction of sp³-hybridized carbons (Fsp3) is 0.0690. The van der Waals surface area contributed by atoms with Gasteiger partial charge in [-0.2, -0.15) is 0 Å². The number of rotatable bonds is 6. The molecule has 0 atom stereocenters. The number of anilines is 2. The maximum absolute atomic E-state index is 11.4. The van der Waals surface area contributed by atoms with E-state index < -0.39 is 0 Å². The molecular weight excluding hydrogens is 420 g/mol. The van der Waals surface area contributed by atoms with E-state index in [9.17, 15) is 4.79 Å². The number of amides is 1. The van der Waals surface area contributed by atoms with E-state index in [4.69, 9.17) is 4.98 Å². The highest BCUT2D eigenvalue weighted by Crippen LogP contribution is 2.36. The van der Waals surface area contributed by atoms with Crippen LogP contribution in [0.5, 0.6) is 0 Å². The molecule has 0 saturated carbocycles. The first-order valence-corrected chi connectivity index (χ1v) is 11.2. The first-order chi connectivity index (χ1) is 16.7. The van der Waals surface area contributed by atoms with E-state index >= 15 is 0 Å². The van der Waals surface area contributed by atoms with Gasteiger partial charge < -0.3 is 10.6 Å². The van der Waals surface area contributed by atoms with Gasteiger partial charge in [-0.1, -0.05) is 66.7 Å². The maximum atomic E-state index is 11.4. The topological polar surface area (TPSA) is 66.9 Å². The van der Waals surface area contributed by atoms with Crippen LogP contribution < -0.4 is 10.6 Å². The van der Waals surface area contributed by atoms with Crippen molar-refractivity contribution in [3.63, 3.8) is 0 Å². The Morgan fingerprint density at radius 2 is 1.62 bits per heavy atom. The molecule has 2 aromatic heterocycles. The number of aromatic nitrogens is 2. The zero-order chi connectivity index (χ0) is 23.3. The van der Waals surface area contributed by atoms with Crippen LogP contribution >= 0.6 is 0 Å². The Labute approximate surface area is 198 Å². The summed E-state index contributed by atoms with van der Waals surface area (Å²) in [5, 5.41) is 8.51. The van der Waals surface area contributed by atoms with Crippen molar-refractivity contribution in [2.75, 3.05) is 10.6 Å². The number of hydrogen-bond acceptors (Lipinski definition) is 4. The Kier molecular flexibility index (Phi) is 5.99. The first-order valence-electron chi connectivity index (χ1n) is 11.2. The van der Waals surface area contributed by atoms with Crippen molar-refractivity contribution in [2.24, 2.45) is 0 Å². The van der Waals surface area contributed by atoms with Crippen molar-refractivity contribution in [3.8, 4) is 22.4 Å². The predicted molar refractivity (Wildman–Crippen MR) is 138 cm³/mol. The minimum atomic E-state index is -0.0916. The molecule has 166 valence electrons. The smallest absolute Gasteiger partial charge is 0.221 e. The van der Waals surface area contributed by atoms with Crippen molar-refractivity contribution in [2.45, 2.75) is 13.5 Å². The molecule has 3 aromatic carbocycles. The van der Waals surface area contributed by atoms with Crippen LogP contribution in [0.2, 0.25) is 0 Å². The summed E-state index contributed by atoms with van der Waals surface area (Å²) >= 11 is 0. The number of nitrogens with zero attached hydrogens (tertiary/aromatic N) is 2. The lowest BCUT2D eigenvalue weighted by Crippen LogP contribution is -2.06. The van der Waals surface area contributed by atoms with Gasteiger partial charge in [-0.25, -0.2) is 4.98 Å². The van der Waals surface area contributed by atoms with E-state index in [2.05, 4.69) is 52.0 Å². The second-order valence-electron chi connectivity index (χ2n) is 8.06. The van der Waals surface area contributed by atoms with E-state index in [1.54, 1.807) is 6.20 Å². The second-order valence-corrected chi connectivity index (χ2v) is 8.06. The van der Waals surface area contributed by atoms with E-state index in [0.717, 1.165) is 50.4 Å². The maximum Gasteiger partial charge on any atom is 0.221 e. The van der Waals surface area contributed by atoms with Crippen molar-refractivity contribution in [3.05, 3.63) is 109 Å². The van der Waals surface area contributed by atoms with E-state index in [1.165, 1.54) is 6.92 Å². The van der Waals surface area contributed by atoms with Gasteiger partial charge in [-0.05, 0) is 46.8 Å². The highest BCUT2D eigenvalue weighted by atomic mass is 16.1. The first kappa shape index (κ1) is 21.3. The van der Waals surface area contributed by atoms with Crippen LogP contribution in [0.1, 0.15) is 12.6 Å². The lowest BCUT2D eigenvalue weighted by Gasteiger charge is -2.15. The highest BCUT2D eigenvalue weighted by molar-refractivity contribution is 6.05. The van der Waals surface area contributed by atoms with Gasteiger partial charge in [-0.15, -0.1) is 0 Å². The molecule has 5 aromatic rings. The van der Waals surface area contributed by atoms with Gasteiger partial charge in [0.25, 0.3) is 0 Å². The summed E-state index contributed by atoms with van der Waals surface area (Å²) in [4.78, 5) is 20.8. The average molecular weight is 445 g/mol. The summed E-state index contributed by atoms with van der Waals surface area (Å²) in [7, 11) is 0. The van der Waals surface area contributed by atoms with E-state index in [-0.39, 0.29) is 5.91 Å². The van der Waals surface area contributed by atoms with Gasteiger partial charge in [0.2, 0.25) is 5.91 Å². The number of carbonyl (C=O) groups excluding carboxylic acids is 1. The molecule has 2 N–H and O–H groups in total. The Morgan fingerprint density at radius 1 is 0.824 bits per heavy atom. The summed E-state index contributed by atoms with van der Waals surface area (Å²) in [6.07, 6.45) is 1.80. The van der Waals surface area contributed by atoms with Crippen LogP contribution in [-0.2, 0) is 11.3 Å². The fourth-order valence-corrected chi connectivity index (χ4v) is 4.05. The number of fused-ring (bicyclic) bond motifs is 1. The van der Waals surface area contributed by atoms with Gasteiger partial charge in [0.1, 0.15) is 5.82 Å². The summed E-state index contributed by atoms with van der Waals surface area (Å²) in [5.41, 5.74) is 5.80. The molecule has 34 heavy (non-hydrogen) atoms. The third-order valence-electron chi connectivity index (χ3n) is 5.61. The third-order valence-corrected chi connectivity index (χ3v) is 5.61. The Balaban J connectivity index is 1.62. The molecule has 0 saturated heterocycles. The summed E-state index contributed by atoms with van der Waals surface area (Å²) in [6.45, 7) is 2.07. The predicted octanol–water partition coefficient (Wildman–Crippen LogP) is 6.53. The quantitative estimate of drug-likeness (QED) is 0.312. The normalized spacial score (nSPS) is 10.7. The highest BCUT2D eigenvalue weighted by Gasteiger charge is 2.13. The number of hydrogen-bond donors (Lipinski definition) is 2. The summed E-state index contributed by atoms with van der Waals surface area (Å²) in [5.74, 6) is 0.717. The molecule has 0 aliphatic heterocycles. The van der Waals surface area contributed by atoms with Crippen LogP contribution in [0.3, 0.4) is 0 Å². The molecular formula is C29H24N4O. The molecule has 5 nitrogen and oxygen atoms in total. The molecule has 0 aliphatic rings. The minimum absolute atomic E-state index is 0.0916. The monoisotopic (exact) mass is 444 g/mol. The van der Waals surface area contributed by atoms with Gasteiger partial charge in [0, 0.05) is 29.8 Å². The van der Waals surface area contributed by atoms with Crippen LogP contribution in [0, 0.1) is 0 Å². The van der Waals surface area contributed by atoms with Gasteiger partial charge in [-0.3, -0.25) is 9.78 Å². The second kappa shape index (κ2) is 9.55. The average Bonchev–Trinajstić information content (AvgIpc) is 2.88. The molecule has 5 heteroatoms. The number of nitrogens with one attached hydrogen (secondary N) is 2. The van der Waals surface area contributed by atoms with E-state index in [1.807, 2.05) is 60.7 Å². The van der Waals surface area contributed by atoms with Crippen molar-refractivity contribution in [1.29, 1.82) is 0 Å². The molecule has 0 unspecified atom stereocenters. The standard InChI is InChI=1S/C29H24N4O/c1-20(34)32-24-15-13-22(14-16-24)27-18-23-10-7-12-26(21-8-3-2-4-9-21)28(23)29(33-27)31-19-25-11-5-6-17-30-25/h2-18H,19H2,1H3,(H,31,33)(H,32,34).